The maximum Gasteiger partial charge on any atom is 0.310 e. The Labute approximate surface area is 113 Å². The van der Waals surface area contributed by atoms with Crippen LogP contribution in [0.5, 0.6) is 0 Å². The van der Waals surface area contributed by atoms with Crippen LogP contribution in [0.2, 0.25) is 0 Å². The molecule has 0 amide bonds. The van der Waals surface area contributed by atoms with Gasteiger partial charge in [0.25, 0.3) is 0 Å². The molecule has 0 radical (unpaired) electrons. The van der Waals surface area contributed by atoms with Crippen molar-refractivity contribution in [2.24, 2.45) is 17.8 Å². The number of rotatable bonds is 2. The lowest BCUT2D eigenvalue weighted by atomic mass is 9.75. The van der Waals surface area contributed by atoms with Gasteiger partial charge in [0.05, 0.1) is 11.8 Å². The summed E-state index contributed by atoms with van der Waals surface area (Å²) in [7, 11) is 0. The van der Waals surface area contributed by atoms with E-state index >= 15 is 0 Å². The van der Waals surface area contributed by atoms with E-state index in [0.29, 0.717) is 6.42 Å². The second-order valence-corrected chi connectivity index (χ2v) is 6.33. The molecule has 0 aromatic heterocycles. The van der Waals surface area contributed by atoms with E-state index in [4.69, 9.17) is 9.47 Å². The second-order valence-electron chi connectivity index (χ2n) is 6.33. The van der Waals surface area contributed by atoms with E-state index in [1.54, 1.807) is 0 Å². The van der Waals surface area contributed by atoms with Crippen LogP contribution in [0.1, 0.15) is 51.9 Å². The molecule has 1 saturated heterocycles. The largest absolute Gasteiger partial charge is 0.462 e. The highest BCUT2D eigenvalue weighted by Gasteiger charge is 2.50. The van der Waals surface area contributed by atoms with Gasteiger partial charge >= 0.3 is 11.9 Å². The summed E-state index contributed by atoms with van der Waals surface area (Å²) in [5, 5.41) is 0. The average Bonchev–Trinajstić information content (AvgIpc) is 2.74. The van der Waals surface area contributed by atoms with Crippen LogP contribution in [0.3, 0.4) is 0 Å². The SMILES string of the molecule is CC1CC(C(=O)OC2CCCCC2)C2CC1OC2=O. The van der Waals surface area contributed by atoms with Gasteiger partial charge in [-0.1, -0.05) is 13.3 Å². The maximum absolute atomic E-state index is 12.3. The van der Waals surface area contributed by atoms with Crippen molar-refractivity contribution in [2.45, 2.75) is 64.1 Å². The summed E-state index contributed by atoms with van der Waals surface area (Å²) in [5.74, 6) is -0.618. The Bertz CT molecular complexity index is 372. The molecule has 4 unspecified atom stereocenters. The molecule has 0 aromatic carbocycles. The van der Waals surface area contributed by atoms with Crippen LogP contribution in [0.15, 0.2) is 0 Å². The Kier molecular flexibility index (Phi) is 3.50. The highest BCUT2D eigenvalue weighted by Crippen LogP contribution is 2.42. The van der Waals surface area contributed by atoms with Crippen LogP contribution < -0.4 is 0 Å². The predicted octanol–water partition coefficient (Wildman–Crippen LogP) is 2.45. The molecule has 0 N–H and O–H groups in total. The summed E-state index contributed by atoms with van der Waals surface area (Å²) < 4.78 is 11.0. The van der Waals surface area contributed by atoms with Crippen molar-refractivity contribution in [3.8, 4) is 0 Å². The maximum atomic E-state index is 12.3. The van der Waals surface area contributed by atoms with Crippen molar-refractivity contribution in [1.29, 1.82) is 0 Å². The van der Waals surface area contributed by atoms with Crippen molar-refractivity contribution >= 4 is 11.9 Å². The van der Waals surface area contributed by atoms with Crippen molar-refractivity contribution in [1.82, 2.24) is 0 Å². The first-order valence-electron chi connectivity index (χ1n) is 7.56. The van der Waals surface area contributed by atoms with E-state index in [2.05, 4.69) is 6.92 Å². The summed E-state index contributed by atoms with van der Waals surface area (Å²) in [4.78, 5) is 24.1. The van der Waals surface area contributed by atoms with E-state index in [1.807, 2.05) is 0 Å². The molecule has 0 aromatic rings. The van der Waals surface area contributed by atoms with Gasteiger partial charge in [0.2, 0.25) is 0 Å². The van der Waals surface area contributed by atoms with E-state index < -0.39 is 0 Å². The Morgan fingerprint density at radius 3 is 2.68 bits per heavy atom. The molecule has 4 atom stereocenters. The van der Waals surface area contributed by atoms with Crippen molar-refractivity contribution < 1.29 is 19.1 Å². The number of carbonyl (C=O) groups is 2. The smallest absolute Gasteiger partial charge is 0.310 e. The van der Waals surface area contributed by atoms with Crippen LogP contribution in [-0.4, -0.2) is 24.1 Å². The molecule has 2 aliphatic carbocycles. The van der Waals surface area contributed by atoms with Gasteiger partial charge in [0.15, 0.2) is 0 Å². The number of fused-ring (bicyclic) bond motifs is 2. The van der Waals surface area contributed by atoms with Crippen molar-refractivity contribution in [3.05, 3.63) is 0 Å². The quantitative estimate of drug-likeness (QED) is 0.720. The lowest BCUT2D eigenvalue weighted by Gasteiger charge is -2.30. The topological polar surface area (TPSA) is 52.6 Å². The lowest BCUT2D eigenvalue weighted by molar-refractivity contribution is -0.161. The molecule has 4 heteroatoms. The molecular weight excluding hydrogens is 244 g/mol. The molecule has 3 fully saturated rings. The minimum Gasteiger partial charge on any atom is -0.462 e. The average molecular weight is 266 g/mol. The molecule has 0 spiro atoms. The second kappa shape index (κ2) is 5.14. The molecular formula is C15H22O4. The first kappa shape index (κ1) is 12.9. The minimum absolute atomic E-state index is 0.0243. The fraction of sp³-hybridized carbons (Fsp3) is 0.867. The lowest BCUT2D eigenvalue weighted by Crippen LogP contribution is -2.36. The monoisotopic (exact) mass is 266 g/mol. The Morgan fingerprint density at radius 2 is 1.95 bits per heavy atom. The Hall–Kier alpha value is -1.06. The van der Waals surface area contributed by atoms with Gasteiger partial charge in [-0.05, 0) is 44.4 Å². The molecule has 3 rings (SSSR count). The molecule has 3 aliphatic rings. The van der Waals surface area contributed by atoms with Crippen LogP contribution in [0.4, 0.5) is 0 Å². The van der Waals surface area contributed by atoms with Gasteiger partial charge in [-0.15, -0.1) is 0 Å². The van der Waals surface area contributed by atoms with E-state index in [-0.39, 0.29) is 41.9 Å². The highest BCUT2D eigenvalue weighted by molar-refractivity contribution is 5.84. The van der Waals surface area contributed by atoms with Crippen molar-refractivity contribution in [3.63, 3.8) is 0 Å². The van der Waals surface area contributed by atoms with E-state index in [0.717, 1.165) is 32.1 Å². The normalized spacial score (nSPS) is 38.9. The highest BCUT2D eigenvalue weighted by atomic mass is 16.6. The first-order valence-corrected chi connectivity index (χ1v) is 7.56. The Balaban J connectivity index is 1.63. The Morgan fingerprint density at radius 1 is 1.21 bits per heavy atom. The molecule has 1 heterocycles. The zero-order chi connectivity index (χ0) is 13.4. The molecule has 4 nitrogen and oxygen atoms in total. The summed E-state index contributed by atoms with van der Waals surface area (Å²) in [6, 6.07) is 0. The van der Waals surface area contributed by atoms with Gasteiger partial charge in [0, 0.05) is 0 Å². The van der Waals surface area contributed by atoms with E-state index in [9.17, 15) is 9.59 Å². The van der Waals surface area contributed by atoms with E-state index in [1.165, 1.54) is 6.42 Å². The van der Waals surface area contributed by atoms with Gasteiger partial charge < -0.3 is 9.47 Å². The summed E-state index contributed by atoms with van der Waals surface area (Å²) in [6.45, 7) is 2.06. The third-order valence-electron chi connectivity index (χ3n) is 4.94. The molecule has 1 aliphatic heterocycles. The molecule has 2 saturated carbocycles. The summed E-state index contributed by atoms with van der Waals surface area (Å²) in [6.07, 6.45) is 7.02. The predicted molar refractivity (Wildman–Crippen MR) is 68.2 cm³/mol. The minimum atomic E-state index is -0.275. The molecule has 19 heavy (non-hydrogen) atoms. The number of hydrogen-bond acceptors (Lipinski definition) is 4. The number of ether oxygens (including phenoxy) is 2. The van der Waals surface area contributed by atoms with Crippen LogP contribution in [0.25, 0.3) is 0 Å². The third-order valence-corrected chi connectivity index (χ3v) is 4.94. The zero-order valence-corrected chi connectivity index (χ0v) is 11.5. The van der Waals surface area contributed by atoms with Gasteiger partial charge in [-0.3, -0.25) is 9.59 Å². The third kappa shape index (κ3) is 2.49. The number of carbonyl (C=O) groups excluding carboxylic acids is 2. The number of hydrogen-bond donors (Lipinski definition) is 0. The van der Waals surface area contributed by atoms with Crippen molar-refractivity contribution in [2.75, 3.05) is 0 Å². The zero-order valence-electron chi connectivity index (χ0n) is 11.5. The van der Waals surface area contributed by atoms with Crippen LogP contribution >= 0.6 is 0 Å². The standard InChI is InChI=1S/C15H22O4/c1-9-7-11(12-8-13(9)19-15(12)17)14(16)18-10-5-3-2-4-6-10/h9-13H,2-8H2,1H3. The van der Waals surface area contributed by atoms with Crippen LogP contribution in [0, 0.1) is 17.8 Å². The summed E-state index contributed by atoms with van der Waals surface area (Å²) >= 11 is 0. The summed E-state index contributed by atoms with van der Waals surface area (Å²) in [5.41, 5.74) is 0. The van der Waals surface area contributed by atoms with Crippen LogP contribution in [-0.2, 0) is 19.1 Å². The molecule has 106 valence electrons. The number of esters is 2. The fourth-order valence-corrected chi connectivity index (χ4v) is 3.72. The van der Waals surface area contributed by atoms with Gasteiger partial charge in [-0.2, -0.15) is 0 Å². The van der Waals surface area contributed by atoms with Gasteiger partial charge in [0.1, 0.15) is 12.2 Å². The molecule has 2 bridgehead atoms. The fourth-order valence-electron chi connectivity index (χ4n) is 3.72. The first-order chi connectivity index (χ1) is 9.15. The van der Waals surface area contributed by atoms with Gasteiger partial charge in [-0.25, -0.2) is 0 Å².